The molecule has 0 saturated carbocycles. The Morgan fingerprint density at radius 3 is 2.27 bits per heavy atom. The van der Waals surface area contributed by atoms with Crippen LogP contribution in [0, 0.1) is 0 Å². The zero-order valence-corrected chi connectivity index (χ0v) is 9.06. The lowest BCUT2D eigenvalue weighted by Gasteiger charge is -2.15. The van der Waals surface area contributed by atoms with Gasteiger partial charge in [-0.25, -0.2) is 0 Å². The molecule has 15 heavy (non-hydrogen) atoms. The van der Waals surface area contributed by atoms with Crippen molar-refractivity contribution in [2.45, 2.75) is 25.1 Å². The molecular weight excluding hydrogens is 211 g/mol. The number of ether oxygens (including phenoxy) is 2. The van der Waals surface area contributed by atoms with E-state index in [1.807, 2.05) is 0 Å². The highest BCUT2D eigenvalue weighted by atomic mass is 19.4. The Hall–Kier alpha value is -0.330. The number of hydrogen-bond acceptors (Lipinski definition) is 3. The third-order valence-corrected chi connectivity index (χ3v) is 1.96. The molecule has 6 heteroatoms. The summed E-state index contributed by atoms with van der Waals surface area (Å²) in [7, 11) is 3.36. The highest BCUT2D eigenvalue weighted by Gasteiger charge is 2.27. The Balaban J connectivity index is 3.46. The number of halogens is 3. The van der Waals surface area contributed by atoms with Crippen LogP contribution >= 0.6 is 0 Å². The van der Waals surface area contributed by atoms with Gasteiger partial charge in [0.05, 0.1) is 0 Å². The quantitative estimate of drug-likeness (QED) is 0.641. The molecule has 3 nitrogen and oxygen atoms in total. The first-order valence-electron chi connectivity index (χ1n) is 4.80. The first-order chi connectivity index (χ1) is 6.99. The summed E-state index contributed by atoms with van der Waals surface area (Å²) in [6.07, 6.45) is -2.92. The summed E-state index contributed by atoms with van der Waals surface area (Å²) in [6.45, 7) is -0.479. The Morgan fingerprint density at radius 2 is 1.80 bits per heavy atom. The first kappa shape index (κ1) is 14.7. The molecule has 0 aliphatic carbocycles. The van der Waals surface area contributed by atoms with Gasteiger partial charge in [-0.2, -0.15) is 13.2 Å². The highest BCUT2D eigenvalue weighted by molar-refractivity contribution is 4.63. The van der Waals surface area contributed by atoms with E-state index in [0.29, 0.717) is 13.0 Å². The third kappa shape index (κ3) is 9.96. The first-order valence-corrected chi connectivity index (χ1v) is 4.80. The van der Waals surface area contributed by atoms with Gasteiger partial charge in [-0.3, -0.25) is 0 Å². The third-order valence-electron chi connectivity index (χ3n) is 1.96. The van der Waals surface area contributed by atoms with E-state index >= 15 is 0 Å². The molecule has 0 radical (unpaired) electrons. The molecule has 0 aromatic heterocycles. The minimum atomic E-state index is -4.23. The number of nitrogens with one attached hydrogen (secondary N) is 1. The van der Waals surface area contributed by atoms with Crippen LogP contribution in [0.5, 0.6) is 0 Å². The van der Waals surface area contributed by atoms with Gasteiger partial charge in [-0.1, -0.05) is 0 Å². The number of alkyl halides is 3. The van der Waals surface area contributed by atoms with E-state index < -0.39 is 12.8 Å². The van der Waals surface area contributed by atoms with Gasteiger partial charge in [0.1, 0.15) is 6.61 Å². The Bertz CT molecular complexity index is 153. The van der Waals surface area contributed by atoms with Crippen molar-refractivity contribution in [3.63, 3.8) is 0 Å². The lowest BCUT2D eigenvalue weighted by atomic mass is 10.1. The fourth-order valence-corrected chi connectivity index (χ4v) is 1.11. The predicted octanol–water partition coefficient (Wildman–Crippen LogP) is 1.58. The van der Waals surface area contributed by atoms with Crippen molar-refractivity contribution in [3.8, 4) is 0 Å². The molecular formula is C9H18F3NO2. The molecule has 0 aromatic rings. The van der Waals surface area contributed by atoms with Crippen LogP contribution in [-0.2, 0) is 9.47 Å². The molecule has 0 aliphatic rings. The van der Waals surface area contributed by atoms with Gasteiger partial charge in [-0.15, -0.1) is 0 Å². The molecule has 0 rings (SSSR count). The zero-order chi connectivity index (χ0) is 11.7. The molecule has 1 unspecified atom stereocenters. The molecule has 0 fully saturated rings. The van der Waals surface area contributed by atoms with E-state index in [9.17, 15) is 13.2 Å². The van der Waals surface area contributed by atoms with Crippen molar-refractivity contribution in [3.05, 3.63) is 0 Å². The second kappa shape index (κ2) is 7.90. The average molecular weight is 229 g/mol. The smallest absolute Gasteiger partial charge is 0.385 e. The van der Waals surface area contributed by atoms with Crippen LogP contribution in [0.2, 0.25) is 0 Å². The summed E-state index contributed by atoms with van der Waals surface area (Å²) in [4.78, 5) is 0. The number of rotatable bonds is 8. The molecule has 92 valence electrons. The van der Waals surface area contributed by atoms with Crippen LogP contribution in [0.3, 0.4) is 0 Å². The van der Waals surface area contributed by atoms with Crippen LogP contribution in [-0.4, -0.2) is 46.2 Å². The summed E-state index contributed by atoms with van der Waals surface area (Å²) in [6, 6.07) is 0.137. The van der Waals surface area contributed by atoms with Gasteiger partial charge in [0.2, 0.25) is 0 Å². The second-order valence-corrected chi connectivity index (χ2v) is 3.22. The average Bonchev–Trinajstić information content (AvgIpc) is 2.15. The summed E-state index contributed by atoms with van der Waals surface area (Å²) in [5.74, 6) is 0. The summed E-state index contributed by atoms with van der Waals surface area (Å²) in [5.41, 5.74) is 0. The largest absolute Gasteiger partial charge is 0.411 e. The van der Waals surface area contributed by atoms with Crippen molar-refractivity contribution in [1.29, 1.82) is 0 Å². The van der Waals surface area contributed by atoms with E-state index in [1.165, 1.54) is 0 Å². The maximum atomic E-state index is 11.7. The highest BCUT2D eigenvalue weighted by Crippen LogP contribution is 2.14. The SMILES string of the molecule is CNC(CCOC)CCOCC(F)(F)F. The van der Waals surface area contributed by atoms with Gasteiger partial charge in [0.15, 0.2) is 0 Å². The van der Waals surface area contributed by atoms with Crippen LogP contribution < -0.4 is 5.32 Å². The Morgan fingerprint density at radius 1 is 1.20 bits per heavy atom. The monoisotopic (exact) mass is 229 g/mol. The molecule has 1 N–H and O–H groups in total. The van der Waals surface area contributed by atoms with Crippen molar-refractivity contribution < 1.29 is 22.6 Å². The van der Waals surface area contributed by atoms with Crippen molar-refractivity contribution in [1.82, 2.24) is 5.32 Å². The normalized spacial score (nSPS) is 14.2. The summed E-state index contributed by atoms with van der Waals surface area (Å²) >= 11 is 0. The molecule has 0 spiro atoms. The predicted molar refractivity (Wildman–Crippen MR) is 50.8 cm³/mol. The standard InChI is InChI=1S/C9H18F3NO2/c1-13-8(3-5-14-2)4-6-15-7-9(10,11)12/h8,13H,3-7H2,1-2H3. The van der Waals surface area contributed by atoms with Crippen LogP contribution in [0.15, 0.2) is 0 Å². The number of hydrogen-bond donors (Lipinski definition) is 1. The fraction of sp³-hybridized carbons (Fsp3) is 1.00. The Labute approximate surface area is 87.9 Å². The lowest BCUT2D eigenvalue weighted by Crippen LogP contribution is -2.29. The van der Waals surface area contributed by atoms with Gasteiger partial charge in [0.25, 0.3) is 0 Å². The van der Waals surface area contributed by atoms with Crippen LogP contribution in [0.1, 0.15) is 12.8 Å². The van der Waals surface area contributed by atoms with E-state index in [2.05, 4.69) is 10.1 Å². The minimum Gasteiger partial charge on any atom is -0.385 e. The van der Waals surface area contributed by atoms with Crippen LogP contribution in [0.4, 0.5) is 13.2 Å². The molecule has 0 heterocycles. The molecule has 0 aliphatic heterocycles. The lowest BCUT2D eigenvalue weighted by molar-refractivity contribution is -0.174. The second-order valence-electron chi connectivity index (χ2n) is 3.22. The fourth-order valence-electron chi connectivity index (χ4n) is 1.11. The molecule has 0 bridgehead atoms. The summed E-state index contributed by atoms with van der Waals surface area (Å²) < 4.78 is 44.5. The van der Waals surface area contributed by atoms with Gasteiger partial charge in [0, 0.05) is 26.4 Å². The zero-order valence-electron chi connectivity index (χ0n) is 9.06. The molecule has 0 aromatic carbocycles. The maximum Gasteiger partial charge on any atom is 0.411 e. The van der Waals surface area contributed by atoms with Crippen molar-refractivity contribution >= 4 is 0 Å². The van der Waals surface area contributed by atoms with E-state index in [-0.39, 0.29) is 12.6 Å². The van der Waals surface area contributed by atoms with Gasteiger partial charge in [-0.05, 0) is 19.9 Å². The number of methoxy groups -OCH3 is 1. The minimum absolute atomic E-state index is 0.106. The maximum absolute atomic E-state index is 11.7. The topological polar surface area (TPSA) is 30.5 Å². The molecule has 0 amide bonds. The van der Waals surface area contributed by atoms with E-state index in [4.69, 9.17) is 4.74 Å². The van der Waals surface area contributed by atoms with E-state index in [0.717, 1.165) is 6.42 Å². The van der Waals surface area contributed by atoms with E-state index in [1.54, 1.807) is 14.2 Å². The molecule has 1 atom stereocenters. The van der Waals surface area contributed by atoms with Gasteiger partial charge >= 0.3 is 6.18 Å². The van der Waals surface area contributed by atoms with Crippen molar-refractivity contribution in [2.24, 2.45) is 0 Å². The molecule has 0 saturated heterocycles. The van der Waals surface area contributed by atoms with Crippen molar-refractivity contribution in [2.75, 3.05) is 34.0 Å². The summed E-state index contributed by atoms with van der Waals surface area (Å²) in [5, 5.41) is 2.99. The van der Waals surface area contributed by atoms with Gasteiger partial charge < -0.3 is 14.8 Å². The Kier molecular flexibility index (Phi) is 7.72. The van der Waals surface area contributed by atoms with Crippen LogP contribution in [0.25, 0.3) is 0 Å².